The first-order valence-electron chi connectivity index (χ1n) is 6.85. The lowest BCUT2D eigenvalue weighted by Crippen LogP contribution is -2.41. The van der Waals surface area contributed by atoms with Crippen LogP contribution in [-0.4, -0.2) is 12.6 Å². The lowest BCUT2D eigenvalue weighted by Gasteiger charge is -2.35. The topological polar surface area (TPSA) is 12.0 Å². The molecule has 90 valence electrons. The lowest BCUT2D eigenvalue weighted by atomic mass is 9.76. The fourth-order valence-corrected chi connectivity index (χ4v) is 3.19. The van der Waals surface area contributed by atoms with Crippen LogP contribution in [0.1, 0.15) is 66.2 Å². The molecule has 0 aromatic carbocycles. The molecular formula is C14H29N. The molecule has 2 unspecified atom stereocenters. The van der Waals surface area contributed by atoms with Crippen molar-refractivity contribution < 1.29 is 0 Å². The molecule has 1 heteroatoms. The van der Waals surface area contributed by atoms with E-state index < -0.39 is 0 Å². The zero-order valence-corrected chi connectivity index (χ0v) is 11.1. The van der Waals surface area contributed by atoms with Gasteiger partial charge in [-0.25, -0.2) is 0 Å². The maximum Gasteiger partial charge on any atom is 0.0100 e. The molecule has 2 atom stereocenters. The van der Waals surface area contributed by atoms with Crippen molar-refractivity contribution in [2.45, 2.75) is 72.3 Å². The molecule has 0 saturated heterocycles. The molecule has 1 nitrogen and oxygen atoms in total. The quantitative estimate of drug-likeness (QED) is 0.700. The second kappa shape index (κ2) is 5.89. The van der Waals surface area contributed by atoms with E-state index in [0.717, 1.165) is 12.0 Å². The second-order valence-electron chi connectivity index (χ2n) is 5.84. The van der Waals surface area contributed by atoms with E-state index in [0.29, 0.717) is 5.41 Å². The van der Waals surface area contributed by atoms with Crippen LogP contribution in [0.5, 0.6) is 0 Å². The first-order chi connectivity index (χ1) is 7.11. The Morgan fingerprint density at radius 1 is 1.27 bits per heavy atom. The third-order valence-corrected chi connectivity index (χ3v) is 4.08. The van der Waals surface area contributed by atoms with Gasteiger partial charge in [0.1, 0.15) is 0 Å². The molecule has 0 amide bonds. The minimum absolute atomic E-state index is 0.570. The van der Waals surface area contributed by atoms with Crippen molar-refractivity contribution in [3.8, 4) is 0 Å². The molecule has 1 aliphatic carbocycles. The Balaban J connectivity index is 2.53. The van der Waals surface area contributed by atoms with Gasteiger partial charge in [-0.1, -0.05) is 40.5 Å². The molecule has 1 aliphatic rings. The summed E-state index contributed by atoms with van der Waals surface area (Å²) in [6.45, 7) is 10.7. The Morgan fingerprint density at radius 2 is 2.00 bits per heavy atom. The van der Waals surface area contributed by atoms with Gasteiger partial charge in [0.15, 0.2) is 0 Å². The van der Waals surface area contributed by atoms with Crippen molar-refractivity contribution in [3.05, 3.63) is 0 Å². The van der Waals surface area contributed by atoms with E-state index in [1.54, 1.807) is 0 Å². The number of nitrogens with one attached hydrogen (secondary N) is 1. The predicted octanol–water partition coefficient (Wildman–Crippen LogP) is 3.98. The molecule has 1 N–H and O–H groups in total. The fourth-order valence-electron chi connectivity index (χ4n) is 3.19. The van der Waals surface area contributed by atoms with E-state index >= 15 is 0 Å². The van der Waals surface area contributed by atoms with Crippen LogP contribution in [0.3, 0.4) is 0 Å². The van der Waals surface area contributed by atoms with Gasteiger partial charge in [0.25, 0.3) is 0 Å². The molecular weight excluding hydrogens is 182 g/mol. The predicted molar refractivity (Wildman–Crippen MR) is 68.1 cm³/mol. The second-order valence-corrected chi connectivity index (χ2v) is 5.84. The number of hydrogen-bond acceptors (Lipinski definition) is 1. The molecule has 1 fully saturated rings. The molecule has 0 aliphatic heterocycles. The average molecular weight is 211 g/mol. The minimum atomic E-state index is 0.570. The van der Waals surface area contributed by atoms with E-state index in [4.69, 9.17) is 0 Å². The van der Waals surface area contributed by atoms with E-state index in [2.05, 4.69) is 33.0 Å². The molecule has 1 saturated carbocycles. The largest absolute Gasteiger partial charge is 0.314 e. The van der Waals surface area contributed by atoms with Crippen LogP contribution in [0, 0.1) is 11.3 Å². The summed E-state index contributed by atoms with van der Waals surface area (Å²) in [6.07, 6.45) is 8.22. The molecule has 0 aromatic heterocycles. The molecule has 0 bridgehead atoms. The highest BCUT2D eigenvalue weighted by atomic mass is 14.9. The van der Waals surface area contributed by atoms with Gasteiger partial charge < -0.3 is 5.32 Å². The van der Waals surface area contributed by atoms with E-state index in [9.17, 15) is 0 Å². The van der Waals surface area contributed by atoms with Gasteiger partial charge in [0.05, 0.1) is 0 Å². The van der Waals surface area contributed by atoms with Gasteiger partial charge in [-0.3, -0.25) is 0 Å². The first-order valence-corrected chi connectivity index (χ1v) is 6.85. The van der Waals surface area contributed by atoms with Gasteiger partial charge in [-0.05, 0) is 43.6 Å². The smallest absolute Gasteiger partial charge is 0.0100 e. The van der Waals surface area contributed by atoms with E-state index in [-0.39, 0.29) is 0 Å². The third kappa shape index (κ3) is 3.48. The summed E-state index contributed by atoms with van der Waals surface area (Å²) in [5.41, 5.74) is 0.570. The normalized spacial score (nSPS) is 26.8. The highest BCUT2D eigenvalue weighted by molar-refractivity contribution is 4.92. The van der Waals surface area contributed by atoms with Gasteiger partial charge >= 0.3 is 0 Å². The lowest BCUT2D eigenvalue weighted by molar-refractivity contribution is 0.189. The standard InChI is InChI=1S/C14H29N/c1-5-8-13(15-11-6-2)12-9-7-10-14(12,3)4/h12-13,15H,5-11H2,1-4H3. The van der Waals surface area contributed by atoms with Crippen molar-refractivity contribution in [1.29, 1.82) is 0 Å². The van der Waals surface area contributed by atoms with Crippen molar-refractivity contribution in [3.63, 3.8) is 0 Å². The van der Waals surface area contributed by atoms with Crippen molar-refractivity contribution >= 4 is 0 Å². The van der Waals surface area contributed by atoms with Gasteiger partial charge in [0.2, 0.25) is 0 Å². The van der Waals surface area contributed by atoms with Gasteiger partial charge in [-0.15, -0.1) is 0 Å². The minimum Gasteiger partial charge on any atom is -0.314 e. The van der Waals surface area contributed by atoms with Gasteiger partial charge in [-0.2, -0.15) is 0 Å². The summed E-state index contributed by atoms with van der Waals surface area (Å²) < 4.78 is 0. The Hall–Kier alpha value is -0.0400. The van der Waals surface area contributed by atoms with Crippen LogP contribution in [0.25, 0.3) is 0 Å². The molecule has 15 heavy (non-hydrogen) atoms. The Morgan fingerprint density at radius 3 is 2.47 bits per heavy atom. The Kier molecular flexibility index (Phi) is 5.11. The summed E-state index contributed by atoms with van der Waals surface area (Å²) >= 11 is 0. The summed E-state index contributed by atoms with van der Waals surface area (Å²) in [6, 6.07) is 0.771. The molecule has 0 heterocycles. The highest BCUT2D eigenvalue weighted by Gasteiger charge is 2.38. The van der Waals surface area contributed by atoms with Crippen LogP contribution in [0.2, 0.25) is 0 Å². The summed E-state index contributed by atoms with van der Waals surface area (Å²) in [4.78, 5) is 0. The summed E-state index contributed by atoms with van der Waals surface area (Å²) in [5, 5.41) is 3.77. The number of rotatable bonds is 6. The maximum absolute atomic E-state index is 3.77. The van der Waals surface area contributed by atoms with Crippen LogP contribution in [0.15, 0.2) is 0 Å². The molecule has 0 spiro atoms. The molecule has 0 radical (unpaired) electrons. The highest BCUT2D eigenvalue weighted by Crippen LogP contribution is 2.45. The Bertz CT molecular complexity index is 174. The maximum atomic E-state index is 3.77. The van der Waals surface area contributed by atoms with Crippen LogP contribution < -0.4 is 5.32 Å². The van der Waals surface area contributed by atoms with E-state index in [1.165, 1.54) is 45.1 Å². The van der Waals surface area contributed by atoms with Crippen molar-refractivity contribution in [2.75, 3.05) is 6.54 Å². The van der Waals surface area contributed by atoms with Crippen LogP contribution >= 0.6 is 0 Å². The average Bonchev–Trinajstić information content (AvgIpc) is 2.53. The van der Waals surface area contributed by atoms with Crippen molar-refractivity contribution in [2.24, 2.45) is 11.3 Å². The molecule has 1 rings (SSSR count). The Labute approximate surface area is 96.0 Å². The third-order valence-electron chi connectivity index (χ3n) is 4.08. The zero-order chi connectivity index (χ0) is 11.3. The zero-order valence-electron chi connectivity index (χ0n) is 11.1. The summed E-state index contributed by atoms with van der Waals surface area (Å²) in [7, 11) is 0. The summed E-state index contributed by atoms with van der Waals surface area (Å²) in [5.74, 6) is 0.906. The first kappa shape index (κ1) is 13.0. The fraction of sp³-hybridized carbons (Fsp3) is 1.00. The monoisotopic (exact) mass is 211 g/mol. The SMILES string of the molecule is CCCNC(CCC)C1CCCC1(C)C. The van der Waals surface area contributed by atoms with Crippen LogP contribution in [0.4, 0.5) is 0 Å². The van der Waals surface area contributed by atoms with E-state index in [1.807, 2.05) is 0 Å². The number of hydrogen-bond donors (Lipinski definition) is 1. The molecule has 0 aromatic rings. The van der Waals surface area contributed by atoms with Crippen LogP contribution in [-0.2, 0) is 0 Å². The van der Waals surface area contributed by atoms with Crippen molar-refractivity contribution in [1.82, 2.24) is 5.32 Å². The van der Waals surface area contributed by atoms with Gasteiger partial charge in [0, 0.05) is 6.04 Å².